The lowest BCUT2D eigenvalue weighted by Gasteiger charge is -2.33. The topological polar surface area (TPSA) is 32.3 Å². The Bertz CT molecular complexity index is 482. The second-order valence-electron chi connectivity index (χ2n) is 6.59. The highest BCUT2D eigenvalue weighted by Crippen LogP contribution is 2.23. The van der Waals surface area contributed by atoms with Crippen LogP contribution in [0.1, 0.15) is 37.8 Å². The zero-order valence-electron chi connectivity index (χ0n) is 13.1. The molecule has 0 saturated carbocycles. The Hall–Kier alpha value is -1.35. The molecule has 0 radical (unpaired) electrons. The maximum Gasteiger partial charge on any atom is 0.225 e. The van der Waals surface area contributed by atoms with Crippen molar-refractivity contribution in [1.82, 2.24) is 10.2 Å². The SMILES string of the molecule is Cc1cccc(C(C)(C)NC(=O)[C@H]2CCCN(C)C2)c1. The molecule has 1 heterocycles. The van der Waals surface area contributed by atoms with E-state index in [1.807, 2.05) is 6.07 Å². The van der Waals surface area contributed by atoms with Crippen molar-refractivity contribution < 1.29 is 4.79 Å². The van der Waals surface area contributed by atoms with Gasteiger partial charge >= 0.3 is 0 Å². The van der Waals surface area contributed by atoms with Gasteiger partial charge in [-0.1, -0.05) is 29.8 Å². The van der Waals surface area contributed by atoms with Gasteiger partial charge in [-0.05, 0) is 52.8 Å². The molecular weight excluding hydrogens is 248 g/mol. The van der Waals surface area contributed by atoms with Crippen molar-refractivity contribution >= 4 is 5.91 Å². The maximum absolute atomic E-state index is 12.5. The minimum atomic E-state index is -0.320. The molecule has 1 N–H and O–H groups in total. The molecule has 1 atom stereocenters. The van der Waals surface area contributed by atoms with Gasteiger partial charge in [0.25, 0.3) is 0 Å². The molecule has 20 heavy (non-hydrogen) atoms. The summed E-state index contributed by atoms with van der Waals surface area (Å²) in [5.74, 6) is 0.306. The number of carbonyl (C=O) groups is 1. The average molecular weight is 274 g/mol. The highest BCUT2D eigenvalue weighted by Gasteiger charge is 2.29. The Kier molecular flexibility index (Phi) is 4.48. The van der Waals surface area contributed by atoms with Gasteiger partial charge in [-0.3, -0.25) is 4.79 Å². The fourth-order valence-electron chi connectivity index (χ4n) is 2.90. The molecule has 110 valence electrons. The molecule has 1 aromatic rings. The first kappa shape index (κ1) is 15.0. The van der Waals surface area contributed by atoms with Crippen LogP contribution in [-0.2, 0) is 10.3 Å². The van der Waals surface area contributed by atoms with E-state index in [4.69, 9.17) is 0 Å². The van der Waals surface area contributed by atoms with Crippen molar-refractivity contribution in [1.29, 1.82) is 0 Å². The minimum absolute atomic E-state index is 0.123. The second-order valence-corrected chi connectivity index (χ2v) is 6.59. The van der Waals surface area contributed by atoms with Gasteiger partial charge in [0.1, 0.15) is 0 Å². The van der Waals surface area contributed by atoms with E-state index < -0.39 is 0 Å². The summed E-state index contributed by atoms with van der Waals surface area (Å²) in [6.07, 6.45) is 2.11. The molecule has 1 saturated heterocycles. The molecule has 0 aromatic heterocycles. The van der Waals surface area contributed by atoms with Crippen LogP contribution in [0.15, 0.2) is 24.3 Å². The molecule has 1 amide bonds. The standard InChI is InChI=1S/C17H26N2O/c1-13-7-5-9-15(11-13)17(2,3)18-16(20)14-8-6-10-19(4)12-14/h5,7,9,11,14H,6,8,10,12H2,1-4H3,(H,18,20)/t14-/m0/s1. The number of nitrogens with zero attached hydrogens (tertiary/aromatic N) is 1. The summed E-state index contributed by atoms with van der Waals surface area (Å²) >= 11 is 0. The van der Waals surface area contributed by atoms with Crippen LogP contribution in [0.25, 0.3) is 0 Å². The van der Waals surface area contributed by atoms with Gasteiger partial charge in [-0.15, -0.1) is 0 Å². The van der Waals surface area contributed by atoms with Crippen LogP contribution in [0.2, 0.25) is 0 Å². The molecule has 1 fully saturated rings. The highest BCUT2D eigenvalue weighted by molar-refractivity contribution is 5.80. The summed E-state index contributed by atoms with van der Waals surface area (Å²) in [5, 5.41) is 3.22. The molecule has 0 unspecified atom stereocenters. The van der Waals surface area contributed by atoms with Gasteiger partial charge in [0, 0.05) is 6.54 Å². The lowest BCUT2D eigenvalue weighted by Crippen LogP contribution is -2.48. The van der Waals surface area contributed by atoms with Crippen LogP contribution in [0.4, 0.5) is 0 Å². The quantitative estimate of drug-likeness (QED) is 0.919. The molecule has 0 bridgehead atoms. The summed E-state index contributed by atoms with van der Waals surface area (Å²) in [4.78, 5) is 14.7. The second kappa shape index (κ2) is 5.96. The van der Waals surface area contributed by atoms with E-state index in [-0.39, 0.29) is 17.4 Å². The Morgan fingerprint density at radius 3 is 2.80 bits per heavy atom. The summed E-state index contributed by atoms with van der Waals surface area (Å²) < 4.78 is 0. The molecule has 1 aromatic carbocycles. The van der Waals surface area contributed by atoms with Crippen LogP contribution >= 0.6 is 0 Å². The first-order valence-corrected chi connectivity index (χ1v) is 7.46. The first-order valence-electron chi connectivity index (χ1n) is 7.46. The Morgan fingerprint density at radius 2 is 2.15 bits per heavy atom. The van der Waals surface area contributed by atoms with Crippen molar-refractivity contribution in [3.63, 3.8) is 0 Å². The number of likely N-dealkylation sites (tertiary alicyclic amines) is 1. The Labute approximate surface area is 122 Å². The van der Waals surface area contributed by atoms with E-state index in [0.29, 0.717) is 0 Å². The smallest absolute Gasteiger partial charge is 0.225 e. The molecule has 3 heteroatoms. The minimum Gasteiger partial charge on any atom is -0.347 e. The predicted molar refractivity (Wildman–Crippen MR) is 82.6 cm³/mol. The van der Waals surface area contributed by atoms with Crippen LogP contribution in [0.5, 0.6) is 0 Å². The zero-order valence-corrected chi connectivity index (χ0v) is 13.1. The summed E-state index contributed by atoms with van der Waals surface area (Å²) in [5.41, 5.74) is 2.07. The van der Waals surface area contributed by atoms with Crippen LogP contribution in [-0.4, -0.2) is 30.9 Å². The molecule has 0 aliphatic carbocycles. The van der Waals surface area contributed by atoms with Crippen LogP contribution < -0.4 is 5.32 Å². The molecule has 2 rings (SSSR count). The lowest BCUT2D eigenvalue weighted by atomic mass is 9.90. The molecule has 1 aliphatic heterocycles. The zero-order chi connectivity index (χ0) is 14.8. The lowest BCUT2D eigenvalue weighted by molar-refractivity contribution is -0.128. The molecule has 0 spiro atoms. The van der Waals surface area contributed by atoms with Gasteiger partial charge in [0.2, 0.25) is 5.91 Å². The van der Waals surface area contributed by atoms with Crippen LogP contribution in [0.3, 0.4) is 0 Å². The normalized spacial score (nSPS) is 20.7. The molecule has 3 nitrogen and oxygen atoms in total. The fourth-order valence-corrected chi connectivity index (χ4v) is 2.90. The van der Waals surface area contributed by atoms with E-state index in [1.54, 1.807) is 0 Å². The third-order valence-electron chi connectivity index (χ3n) is 4.17. The van der Waals surface area contributed by atoms with E-state index in [2.05, 4.69) is 56.2 Å². The molecular formula is C17H26N2O. The van der Waals surface area contributed by atoms with Gasteiger partial charge in [-0.2, -0.15) is 0 Å². The van der Waals surface area contributed by atoms with Gasteiger partial charge in [0.15, 0.2) is 0 Å². The summed E-state index contributed by atoms with van der Waals surface area (Å²) in [6.45, 7) is 8.21. The van der Waals surface area contributed by atoms with Crippen LogP contribution in [0, 0.1) is 12.8 Å². The predicted octanol–water partition coefficient (Wildman–Crippen LogP) is 2.69. The van der Waals surface area contributed by atoms with Gasteiger partial charge in [0.05, 0.1) is 11.5 Å². The van der Waals surface area contributed by atoms with Crippen molar-refractivity contribution in [2.75, 3.05) is 20.1 Å². The summed E-state index contributed by atoms with van der Waals surface area (Å²) in [6, 6.07) is 8.36. The van der Waals surface area contributed by atoms with E-state index in [0.717, 1.165) is 31.5 Å². The number of benzene rings is 1. The number of piperidine rings is 1. The van der Waals surface area contributed by atoms with Crippen molar-refractivity contribution in [2.24, 2.45) is 5.92 Å². The third-order valence-corrected chi connectivity index (χ3v) is 4.17. The maximum atomic E-state index is 12.5. The summed E-state index contributed by atoms with van der Waals surface area (Å²) in [7, 11) is 2.09. The van der Waals surface area contributed by atoms with E-state index >= 15 is 0 Å². The molecule has 1 aliphatic rings. The van der Waals surface area contributed by atoms with Crippen molar-refractivity contribution in [3.05, 3.63) is 35.4 Å². The van der Waals surface area contributed by atoms with Gasteiger partial charge < -0.3 is 10.2 Å². The van der Waals surface area contributed by atoms with Crippen molar-refractivity contribution in [3.8, 4) is 0 Å². The van der Waals surface area contributed by atoms with Gasteiger partial charge in [-0.25, -0.2) is 0 Å². The highest BCUT2D eigenvalue weighted by atomic mass is 16.2. The van der Waals surface area contributed by atoms with E-state index in [1.165, 1.54) is 5.56 Å². The number of hydrogen-bond acceptors (Lipinski definition) is 2. The number of nitrogens with one attached hydrogen (secondary N) is 1. The van der Waals surface area contributed by atoms with E-state index in [9.17, 15) is 4.79 Å². The van der Waals surface area contributed by atoms with Crippen molar-refractivity contribution in [2.45, 2.75) is 39.2 Å². The average Bonchev–Trinajstić information content (AvgIpc) is 2.38. The Balaban J connectivity index is 2.05. The number of carbonyl (C=O) groups excluding carboxylic acids is 1. The largest absolute Gasteiger partial charge is 0.347 e. The number of rotatable bonds is 3. The number of amides is 1. The number of aryl methyl sites for hydroxylation is 1. The Morgan fingerprint density at radius 1 is 1.40 bits per heavy atom. The fraction of sp³-hybridized carbons (Fsp3) is 0.588. The third kappa shape index (κ3) is 3.60. The number of hydrogen-bond donors (Lipinski definition) is 1. The monoisotopic (exact) mass is 274 g/mol. The first-order chi connectivity index (χ1) is 9.38.